The van der Waals surface area contributed by atoms with Crippen molar-refractivity contribution < 1.29 is 10.4 Å². The molecule has 112 valence electrons. The summed E-state index contributed by atoms with van der Waals surface area (Å²) in [4.78, 5) is 8.10. The van der Waals surface area contributed by atoms with Crippen LogP contribution in [0.3, 0.4) is 0 Å². The molecule has 0 aliphatic heterocycles. The third-order valence-corrected chi connectivity index (χ3v) is 3.18. The number of rotatable bonds is 5. The Bertz CT molecular complexity index is 720. The van der Waals surface area contributed by atoms with Gasteiger partial charge in [-0.25, -0.2) is 5.10 Å². The number of aromatic amines is 1. The molecule has 0 fully saturated rings. The highest BCUT2D eigenvalue weighted by Gasteiger charge is 2.13. The van der Waals surface area contributed by atoms with E-state index < -0.39 is 0 Å². The summed E-state index contributed by atoms with van der Waals surface area (Å²) in [5.41, 5.74) is 2.50. The molecular weight excluding hydrogens is 304 g/mol. The van der Waals surface area contributed by atoms with Crippen molar-refractivity contribution in [2.75, 3.05) is 5.75 Å². The second-order valence-corrected chi connectivity index (χ2v) is 4.76. The summed E-state index contributed by atoms with van der Waals surface area (Å²) >= 11 is 1.27. The van der Waals surface area contributed by atoms with Crippen LogP contribution >= 0.6 is 11.8 Å². The third kappa shape index (κ3) is 3.85. The lowest BCUT2D eigenvalue weighted by Gasteiger charge is -2.05. The van der Waals surface area contributed by atoms with Crippen LogP contribution in [0.4, 0.5) is 5.95 Å². The number of hydrogen-bond acceptors (Lipinski definition) is 7. The summed E-state index contributed by atoms with van der Waals surface area (Å²) in [6.45, 7) is 0. The second-order valence-electron chi connectivity index (χ2n) is 3.82. The molecule has 9 heteroatoms. The summed E-state index contributed by atoms with van der Waals surface area (Å²) in [6.07, 6.45) is 5.16. The fourth-order valence-corrected chi connectivity index (χ4v) is 2.01. The fourth-order valence-electron chi connectivity index (χ4n) is 1.53. The van der Waals surface area contributed by atoms with Crippen LogP contribution in [-0.2, 0) is 0 Å². The first-order valence-corrected chi connectivity index (χ1v) is 7.02. The number of hydrogen-bond donors (Lipinski definition) is 4. The van der Waals surface area contributed by atoms with E-state index in [4.69, 9.17) is 11.6 Å². The fraction of sp³-hybridized carbons (Fsp3) is 0.0769. The van der Waals surface area contributed by atoms with Gasteiger partial charge in [-0.15, -0.1) is 11.5 Å². The molecular formula is C13H12N6O2S. The lowest BCUT2D eigenvalue weighted by atomic mass is 10.1. The molecule has 0 saturated heterocycles. The van der Waals surface area contributed by atoms with Crippen LogP contribution in [0, 0.1) is 12.3 Å². The Balaban J connectivity index is 2.27. The van der Waals surface area contributed by atoms with Crippen molar-refractivity contribution in [3.05, 3.63) is 35.9 Å². The number of terminal acetylenes is 1. The zero-order valence-electron chi connectivity index (χ0n) is 11.3. The van der Waals surface area contributed by atoms with Gasteiger partial charge in [-0.3, -0.25) is 10.7 Å². The van der Waals surface area contributed by atoms with Gasteiger partial charge in [0.05, 0.1) is 5.75 Å². The Morgan fingerprint density at radius 3 is 2.82 bits per heavy atom. The summed E-state index contributed by atoms with van der Waals surface area (Å²) in [5.74, 6) is 2.93. The van der Waals surface area contributed by atoms with E-state index in [0.29, 0.717) is 16.5 Å². The molecule has 1 aromatic carbocycles. The summed E-state index contributed by atoms with van der Waals surface area (Å²) < 4.78 is 0. The van der Waals surface area contributed by atoms with Gasteiger partial charge >= 0.3 is 0 Å². The van der Waals surface area contributed by atoms with Crippen molar-refractivity contribution in [3.8, 4) is 12.3 Å². The Morgan fingerprint density at radius 2 is 2.18 bits per heavy atom. The van der Waals surface area contributed by atoms with Crippen LogP contribution in [0.2, 0.25) is 0 Å². The lowest BCUT2D eigenvalue weighted by Crippen LogP contribution is -2.29. The Labute approximate surface area is 130 Å². The van der Waals surface area contributed by atoms with Crippen LogP contribution in [0.5, 0.6) is 0 Å². The monoisotopic (exact) mass is 316 g/mol. The molecule has 2 aromatic rings. The maximum Gasteiger partial charge on any atom is 0.248 e. The first kappa shape index (κ1) is 15.6. The molecule has 0 saturated carbocycles. The van der Waals surface area contributed by atoms with Gasteiger partial charge in [0.15, 0.2) is 11.5 Å². The molecule has 22 heavy (non-hydrogen) atoms. The van der Waals surface area contributed by atoms with Crippen LogP contribution in [-0.4, -0.2) is 42.9 Å². The van der Waals surface area contributed by atoms with Crippen molar-refractivity contribution in [1.29, 1.82) is 0 Å². The van der Waals surface area contributed by atoms with Gasteiger partial charge in [0.25, 0.3) is 0 Å². The Morgan fingerprint density at radius 1 is 1.41 bits per heavy atom. The van der Waals surface area contributed by atoms with Gasteiger partial charge in [-0.1, -0.05) is 53.2 Å². The molecule has 0 amide bonds. The first-order valence-electron chi connectivity index (χ1n) is 6.03. The topological polar surface area (TPSA) is 119 Å². The van der Waals surface area contributed by atoms with Crippen LogP contribution in [0.15, 0.2) is 45.6 Å². The van der Waals surface area contributed by atoms with Gasteiger partial charge < -0.3 is 5.21 Å². The third-order valence-electron chi connectivity index (χ3n) is 2.43. The van der Waals surface area contributed by atoms with E-state index in [1.165, 1.54) is 11.8 Å². The van der Waals surface area contributed by atoms with Gasteiger partial charge in [0.2, 0.25) is 11.1 Å². The van der Waals surface area contributed by atoms with E-state index in [-0.39, 0.29) is 17.5 Å². The zero-order valence-corrected chi connectivity index (χ0v) is 12.1. The normalized spacial score (nSPS) is 12.0. The number of benzene rings is 1. The van der Waals surface area contributed by atoms with E-state index in [1.54, 1.807) is 24.3 Å². The predicted octanol–water partition coefficient (Wildman–Crippen LogP) is 1.42. The molecule has 4 N–H and O–H groups in total. The zero-order chi connectivity index (χ0) is 15.8. The van der Waals surface area contributed by atoms with Crippen LogP contribution in [0.25, 0.3) is 0 Å². The summed E-state index contributed by atoms with van der Waals surface area (Å²) in [7, 11) is 0. The highest BCUT2D eigenvalue weighted by atomic mass is 32.2. The van der Waals surface area contributed by atoms with Crippen LogP contribution < -0.4 is 5.48 Å². The number of aromatic nitrogens is 3. The van der Waals surface area contributed by atoms with Gasteiger partial charge in [-0.05, 0) is 0 Å². The molecule has 0 aliphatic carbocycles. The molecule has 1 aromatic heterocycles. The molecule has 0 radical (unpaired) electrons. The molecule has 2 rings (SSSR count). The predicted molar refractivity (Wildman–Crippen MR) is 82.7 cm³/mol. The van der Waals surface area contributed by atoms with Gasteiger partial charge in [-0.2, -0.15) is 9.98 Å². The molecule has 8 nitrogen and oxygen atoms in total. The number of amidine groups is 1. The van der Waals surface area contributed by atoms with Gasteiger partial charge in [0, 0.05) is 5.56 Å². The largest absolute Gasteiger partial charge is 0.410 e. The van der Waals surface area contributed by atoms with E-state index in [0.717, 1.165) is 0 Å². The summed E-state index contributed by atoms with van der Waals surface area (Å²) in [5, 5.41) is 28.5. The number of thioether (sulfide) groups is 1. The molecule has 0 unspecified atom stereocenters. The highest BCUT2D eigenvalue weighted by Crippen LogP contribution is 2.15. The lowest BCUT2D eigenvalue weighted by molar-refractivity contribution is 0.236. The molecule has 0 spiro atoms. The number of oxime groups is 1. The maximum atomic E-state index is 9.23. The number of hydroxylamine groups is 1. The highest BCUT2D eigenvalue weighted by molar-refractivity contribution is 7.99. The minimum atomic E-state index is -0.0849. The minimum absolute atomic E-state index is 0.0531. The molecule has 0 atom stereocenters. The van der Waals surface area contributed by atoms with Crippen molar-refractivity contribution in [2.45, 2.75) is 5.16 Å². The van der Waals surface area contributed by atoms with E-state index in [2.05, 4.69) is 31.2 Å². The van der Waals surface area contributed by atoms with E-state index in [9.17, 15) is 5.21 Å². The van der Waals surface area contributed by atoms with E-state index >= 15 is 0 Å². The molecule has 0 bridgehead atoms. The van der Waals surface area contributed by atoms with Crippen molar-refractivity contribution in [2.24, 2.45) is 10.1 Å². The standard InChI is InChI=1S/C13H12N6O2S/c1-2-8-22-13-15-12(16-17-13)14-11(19-21)10(18-20)9-6-4-3-5-7-9/h1,3-7,20-21H,8H2,(H2,14,15,16,17,19)/b18-10-. The first-order chi connectivity index (χ1) is 10.8. The number of aliphatic imine (C=N–C) groups is 1. The molecule has 1 heterocycles. The number of nitrogens with zero attached hydrogens (tertiary/aromatic N) is 4. The number of H-pyrrole nitrogens is 1. The minimum Gasteiger partial charge on any atom is -0.410 e. The average Bonchev–Trinajstić information content (AvgIpc) is 3.01. The SMILES string of the molecule is C#CCSc1n[nH]c(/N=C(NO)/C(=N\O)c2ccccc2)n1. The maximum absolute atomic E-state index is 9.23. The second kappa shape index (κ2) is 7.82. The van der Waals surface area contributed by atoms with Gasteiger partial charge in [0.1, 0.15) is 0 Å². The van der Waals surface area contributed by atoms with Crippen molar-refractivity contribution >= 4 is 29.3 Å². The smallest absolute Gasteiger partial charge is 0.248 e. The molecule has 0 aliphatic rings. The van der Waals surface area contributed by atoms with Crippen LogP contribution in [0.1, 0.15) is 5.56 Å². The average molecular weight is 316 g/mol. The van der Waals surface area contributed by atoms with E-state index in [1.807, 2.05) is 11.5 Å². The Kier molecular flexibility index (Phi) is 5.53. The van der Waals surface area contributed by atoms with Crippen molar-refractivity contribution in [3.63, 3.8) is 0 Å². The number of nitrogens with one attached hydrogen (secondary N) is 2. The van der Waals surface area contributed by atoms with Crippen molar-refractivity contribution in [1.82, 2.24) is 20.7 Å². The Hall–Kier alpha value is -2.83. The quantitative estimate of drug-likeness (QED) is 0.165. The summed E-state index contributed by atoms with van der Waals surface area (Å²) in [6, 6.07) is 8.75.